The Labute approximate surface area is 103 Å². The minimum atomic E-state index is -0.748. The summed E-state index contributed by atoms with van der Waals surface area (Å²) in [5, 5.41) is 1.29. The summed E-state index contributed by atoms with van der Waals surface area (Å²) in [5.74, 6) is 0.337. The molecule has 0 N–H and O–H groups in total. The molecule has 4 nitrogen and oxygen atoms in total. The molecule has 0 saturated heterocycles. The number of benzene rings is 1. The fourth-order valence-electron chi connectivity index (χ4n) is 1.43. The first-order chi connectivity index (χ1) is 8.22. The summed E-state index contributed by atoms with van der Waals surface area (Å²) in [5.41, 5.74) is 0.535. The van der Waals surface area contributed by atoms with Gasteiger partial charge in [0.2, 0.25) is 0 Å². The predicted octanol–water partition coefficient (Wildman–Crippen LogP) is 3.42. The smallest absolute Gasteiger partial charge is 0.434 e. The predicted molar refractivity (Wildman–Crippen MR) is 64.4 cm³/mol. The second-order valence-corrected chi connectivity index (χ2v) is 3.64. The number of pyridine rings is 1. The maximum Gasteiger partial charge on any atom is 0.513 e. The van der Waals surface area contributed by atoms with Crippen LogP contribution in [0.1, 0.15) is 6.92 Å². The van der Waals surface area contributed by atoms with Crippen molar-refractivity contribution in [1.29, 1.82) is 0 Å². The first kappa shape index (κ1) is 11.7. The van der Waals surface area contributed by atoms with E-state index < -0.39 is 6.16 Å². The van der Waals surface area contributed by atoms with Gasteiger partial charge in [0.1, 0.15) is 5.52 Å². The molecular formula is C12H10ClNO3. The van der Waals surface area contributed by atoms with Crippen LogP contribution in [0.2, 0.25) is 5.02 Å². The maximum absolute atomic E-state index is 11.2. The molecular weight excluding hydrogens is 242 g/mol. The number of hydrogen-bond donors (Lipinski definition) is 0. The Balaban J connectivity index is 2.41. The number of fused-ring (bicyclic) bond motifs is 1. The molecule has 0 aliphatic heterocycles. The lowest BCUT2D eigenvalue weighted by Gasteiger charge is -2.07. The maximum atomic E-state index is 11.2. The molecule has 88 valence electrons. The zero-order valence-electron chi connectivity index (χ0n) is 9.14. The standard InChI is InChI=1S/C12H10ClNO3/c1-2-16-12(15)17-10-6-5-9(13)8-4-3-7-14-11(8)10/h3-7H,2H2,1H3. The molecule has 2 aromatic rings. The van der Waals surface area contributed by atoms with E-state index in [2.05, 4.69) is 4.98 Å². The Bertz CT molecular complexity index is 556. The van der Waals surface area contributed by atoms with Crippen molar-refractivity contribution in [1.82, 2.24) is 4.98 Å². The van der Waals surface area contributed by atoms with Crippen LogP contribution in [0.4, 0.5) is 4.79 Å². The molecule has 17 heavy (non-hydrogen) atoms. The van der Waals surface area contributed by atoms with Crippen molar-refractivity contribution in [3.63, 3.8) is 0 Å². The van der Waals surface area contributed by atoms with Crippen molar-refractivity contribution in [2.75, 3.05) is 6.61 Å². The molecule has 1 heterocycles. The highest BCUT2D eigenvalue weighted by Crippen LogP contribution is 2.29. The fourth-order valence-corrected chi connectivity index (χ4v) is 1.65. The zero-order valence-corrected chi connectivity index (χ0v) is 9.90. The van der Waals surface area contributed by atoms with Gasteiger partial charge in [-0.05, 0) is 31.2 Å². The van der Waals surface area contributed by atoms with Crippen molar-refractivity contribution >= 4 is 28.7 Å². The van der Waals surface area contributed by atoms with Gasteiger partial charge in [-0.3, -0.25) is 4.98 Å². The van der Waals surface area contributed by atoms with E-state index in [0.29, 0.717) is 16.3 Å². The molecule has 0 atom stereocenters. The highest BCUT2D eigenvalue weighted by molar-refractivity contribution is 6.35. The van der Waals surface area contributed by atoms with Crippen LogP contribution in [0.3, 0.4) is 0 Å². The highest BCUT2D eigenvalue weighted by atomic mass is 35.5. The monoisotopic (exact) mass is 251 g/mol. The third kappa shape index (κ3) is 2.47. The molecule has 0 bridgehead atoms. The van der Waals surface area contributed by atoms with Crippen LogP contribution in [0.5, 0.6) is 5.75 Å². The van der Waals surface area contributed by atoms with E-state index in [0.717, 1.165) is 5.39 Å². The SMILES string of the molecule is CCOC(=O)Oc1ccc(Cl)c2cccnc12. The van der Waals surface area contributed by atoms with Gasteiger partial charge in [-0.2, -0.15) is 0 Å². The lowest BCUT2D eigenvalue weighted by atomic mass is 10.2. The molecule has 1 aromatic heterocycles. The second kappa shape index (κ2) is 5.01. The summed E-state index contributed by atoms with van der Waals surface area (Å²) in [7, 11) is 0. The van der Waals surface area contributed by atoms with E-state index in [-0.39, 0.29) is 6.61 Å². The van der Waals surface area contributed by atoms with Crippen molar-refractivity contribution in [3.8, 4) is 5.75 Å². The molecule has 0 saturated carbocycles. The number of nitrogens with zero attached hydrogens (tertiary/aromatic N) is 1. The largest absolute Gasteiger partial charge is 0.513 e. The van der Waals surface area contributed by atoms with Crippen LogP contribution in [-0.4, -0.2) is 17.7 Å². The molecule has 0 spiro atoms. The third-order valence-corrected chi connectivity index (χ3v) is 2.46. The Morgan fingerprint density at radius 3 is 3.00 bits per heavy atom. The normalized spacial score (nSPS) is 10.2. The number of ether oxygens (including phenoxy) is 2. The topological polar surface area (TPSA) is 48.4 Å². The summed E-state index contributed by atoms with van der Waals surface area (Å²) in [6.07, 6.45) is 0.859. The number of carbonyl (C=O) groups is 1. The van der Waals surface area contributed by atoms with Gasteiger partial charge in [0.15, 0.2) is 5.75 Å². The molecule has 1 aromatic carbocycles. The van der Waals surface area contributed by atoms with Crippen molar-refractivity contribution < 1.29 is 14.3 Å². The fraction of sp³-hybridized carbons (Fsp3) is 0.167. The minimum Gasteiger partial charge on any atom is -0.434 e. The van der Waals surface area contributed by atoms with Gasteiger partial charge in [0.25, 0.3) is 0 Å². The number of hydrogen-bond acceptors (Lipinski definition) is 4. The summed E-state index contributed by atoms with van der Waals surface area (Å²) in [6, 6.07) is 6.82. The summed E-state index contributed by atoms with van der Waals surface area (Å²) < 4.78 is 9.74. The van der Waals surface area contributed by atoms with Gasteiger partial charge in [0, 0.05) is 11.6 Å². The van der Waals surface area contributed by atoms with Gasteiger partial charge in [0.05, 0.1) is 11.6 Å². The Morgan fingerprint density at radius 2 is 2.24 bits per heavy atom. The number of rotatable bonds is 2. The lowest BCUT2D eigenvalue weighted by Crippen LogP contribution is -2.10. The van der Waals surface area contributed by atoms with E-state index >= 15 is 0 Å². The molecule has 0 radical (unpaired) electrons. The van der Waals surface area contributed by atoms with Crippen LogP contribution in [0, 0.1) is 0 Å². The van der Waals surface area contributed by atoms with Crippen LogP contribution in [-0.2, 0) is 4.74 Å². The van der Waals surface area contributed by atoms with Gasteiger partial charge in [-0.15, -0.1) is 0 Å². The average Bonchev–Trinajstić information content (AvgIpc) is 2.34. The average molecular weight is 252 g/mol. The van der Waals surface area contributed by atoms with Crippen LogP contribution in [0.25, 0.3) is 10.9 Å². The van der Waals surface area contributed by atoms with Gasteiger partial charge in [-0.25, -0.2) is 4.79 Å². The van der Waals surface area contributed by atoms with Gasteiger partial charge in [-0.1, -0.05) is 11.6 Å². The molecule has 0 unspecified atom stereocenters. The van der Waals surface area contributed by atoms with E-state index in [1.165, 1.54) is 0 Å². The molecule has 2 rings (SSSR count). The van der Waals surface area contributed by atoms with Crippen molar-refractivity contribution in [2.45, 2.75) is 6.92 Å². The van der Waals surface area contributed by atoms with Crippen molar-refractivity contribution in [3.05, 3.63) is 35.5 Å². The van der Waals surface area contributed by atoms with Gasteiger partial charge >= 0.3 is 6.16 Å². The first-order valence-corrected chi connectivity index (χ1v) is 5.48. The van der Waals surface area contributed by atoms with E-state index in [9.17, 15) is 4.79 Å². The first-order valence-electron chi connectivity index (χ1n) is 5.10. The Kier molecular flexibility index (Phi) is 3.44. The second-order valence-electron chi connectivity index (χ2n) is 3.23. The lowest BCUT2D eigenvalue weighted by molar-refractivity contribution is 0.105. The molecule has 5 heteroatoms. The molecule has 0 fully saturated rings. The Hall–Kier alpha value is -1.81. The summed E-state index contributed by atoms with van der Waals surface area (Å²) in [6.45, 7) is 1.97. The van der Waals surface area contributed by atoms with Gasteiger partial charge < -0.3 is 9.47 Å². The highest BCUT2D eigenvalue weighted by Gasteiger charge is 2.11. The number of halogens is 1. The third-order valence-electron chi connectivity index (χ3n) is 2.13. The van der Waals surface area contributed by atoms with E-state index in [4.69, 9.17) is 21.1 Å². The minimum absolute atomic E-state index is 0.262. The molecule has 0 amide bonds. The van der Waals surface area contributed by atoms with Crippen LogP contribution in [0.15, 0.2) is 30.5 Å². The Morgan fingerprint density at radius 1 is 1.41 bits per heavy atom. The summed E-state index contributed by atoms with van der Waals surface area (Å²) in [4.78, 5) is 15.4. The quantitative estimate of drug-likeness (QED) is 0.606. The number of aromatic nitrogens is 1. The van der Waals surface area contributed by atoms with E-state index in [1.54, 1.807) is 31.3 Å². The van der Waals surface area contributed by atoms with Crippen LogP contribution < -0.4 is 4.74 Å². The molecule has 0 aliphatic carbocycles. The zero-order chi connectivity index (χ0) is 12.3. The van der Waals surface area contributed by atoms with E-state index in [1.807, 2.05) is 6.07 Å². The number of carbonyl (C=O) groups excluding carboxylic acids is 1. The van der Waals surface area contributed by atoms with Crippen molar-refractivity contribution in [2.24, 2.45) is 0 Å². The van der Waals surface area contributed by atoms with Crippen LogP contribution >= 0.6 is 11.6 Å². The molecule has 0 aliphatic rings. The summed E-state index contributed by atoms with van der Waals surface area (Å²) >= 11 is 6.01.